The van der Waals surface area contributed by atoms with Crippen molar-refractivity contribution in [3.8, 4) is 0 Å². The maximum Gasteiger partial charge on any atom is 0.252 e. The molecule has 1 atom stereocenters. The van der Waals surface area contributed by atoms with Crippen molar-refractivity contribution in [2.75, 3.05) is 33.2 Å². The molecule has 2 heterocycles. The van der Waals surface area contributed by atoms with Crippen LogP contribution in [0.2, 0.25) is 0 Å². The van der Waals surface area contributed by atoms with Crippen LogP contribution in [0.1, 0.15) is 10.4 Å². The molecule has 17 heavy (non-hydrogen) atoms. The third-order valence-corrected chi connectivity index (χ3v) is 3.07. The van der Waals surface area contributed by atoms with Crippen molar-refractivity contribution in [3.63, 3.8) is 0 Å². The Bertz CT molecular complexity index is 368. The van der Waals surface area contributed by atoms with Gasteiger partial charge in [-0.3, -0.25) is 14.7 Å². The van der Waals surface area contributed by atoms with Crippen LogP contribution < -0.4 is 10.6 Å². The smallest absolute Gasteiger partial charge is 0.252 e. The average molecular weight is 234 g/mol. The maximum atomic E-state index is 11.8. The van der Waals surface area contributed by atoms with Crippen molar-refractivity contribution >= 4 is 5.91 Å². The van der Waals surface area contributed by atoms with E-state index in [0.717, 1.165) is 19.6 Å². The summed E-state index contributed by atoms with van der Waals surface area (Å²) < 4.78 is 0. The van der Waals surface area contributed by atoms with Gasteiger partial charge >= 0.3 is 0 Å². The third-order valence-electron chi connectivity index (χ3n) is 3.07. The van der Waals surface area contributed by atoms with E-state index in [1.54, 1.807) is 24.5 Å². The molecule has 1 aliphatic rings. The van der Waals surface area contributed by atoms with E-state index in [4.69, 9.17) is 0 Å². The van der Waals surface area contributed by atoms with Crippen molar-refractivity contribution in [2.24, 2.45) is 0 Å². The van der Waals surface area contributed by atoms with Crippen LogP contribution in [-0.4, -0.2) is 55.1 Å². The van der Waals surface area contributed by atoms with Crippen molar-refractivity contribution in [2.45, 2.75) is 6.04 Å². The monoisotopic (exact) mass is 234 g/mol. The highest BCUT2D eigenvalue weighted by Crippen LogP contribution is 2.00. The zero-order valence-corrected chi connectivity index (χ0v) is 10.0. The molecule has 5 heteroatoms. The van der Waals surface area contributed by atoms with Crippen LogP contribution in [0.4, 0.5) is 0 Å². The number of carbonyl (C=O) groups is 1. The number of pyridine rings is 1. The minimum Gasteiger partial charge on any atom is -0.350 e. The molecule has 1 fully saturated rings. The van der Waals surface area contributed by atoms with Crippen LogP contribution >= 0.6 is 0 Å². The zero-order chi connectivity index (χ0) is 12.1. The summed E-state index contributed by atoms with van der Waals surface area (Å²) in [5.41, 5.74) is 0.610. The van der Waals surface area contributed by atoms with E-state index in [-0.39, 0.29) is 5.91 Å². The van der Waals surface area contributed by atoms with Crippen molar-refractivity contribution in [3.05, 3.63) is 30.1 Å². The molecule has 5 nitrogen and oxygen atoms in total. The lowest BCUT2D eigenvalue weighted by Gasteiger charge is -2.33. The van der Waals surface area contributed by atoms with E-state index >= 15 is 0 Å². The number of carbonyl (C=O) groups excluding carboxylic acids is 1. The number of aromatic nitrogens is 1. The normalized spacial score (nSPS) is 21.1. The highest BCUT2D eigenvalue weighted by Gasteiger charge is 2.19. The van der Waals surface area contributed by atoms with Crippen molar-refractivity contribution < 1.29 is 4.79 Å². The number of piperazine rings is 1. The van der Waals surface area contributed by atoms with Crippen molar-refractivity contribution in [1.82, 2.24) is 20.5 Å². The summed E-state index contributed by atoms with van der Waals surface area (Å²) in [7, 11) is 2.09. The third kappa shape index (κ3) is 3.25. The maximum absolute atomic E-state index is 11.8. The topological polar surface area (TPSA) is 57.3 Å². The molecule has 0 saturated carbocycles. The van der Waals surface area contributed by atoms with Crippen LogP contribution in [0.3, 0.4) is 0 Å². The SMILES string of the molecule is CN1CCNCC1CNC(=O)c1cccnc1. The summed E-state index contributed by atoms with van der Waals surface area (Å²) >= 11 is 0. The Morgan fingerprint density at radius 2 is 2.59 bits per heavy atom. The van der Waals surface area contributed by atoms with Crippen LogP contribution in [0, 0.1) is 0 Å². The van der Waals surface area contributed by atoms with Crippen LogP contribution in [-0.2, 0) is 0 Å². The molecule has 0 radical (unpaired) electrons. The number of likely N-dealkylation sites (N-methyl/N-ethyl adjacent to an activating group) is 1. The minimum atomic E-state index is -0.0583. The Morgan fingerprint density at radius 3 is 3.29 bits per heavy atom. The predicted octanol–water partition coefficient (Wildman–Crippen LogP) is -0.285. The Labute approximate surface area is 101 Å². The Kier molecular flexibility index (Phi) is 4.06. The minimum absolute atomic E-state index is 0.0583. The standard InChI is InChI=1S/C12H18N4O/c1-16-6-5-14-8-11(16)9-15-12(17)10-3-2-4-13-7-10/h2-4,7,11,14H,5-6,8-9H2,1H3,(H,15,17). The van der Waals surface area contributed by atoms with E-state index in [2.05, 4.69) is 27.6 Å². The van der Waals surface area contributed by atoms with E-state index in [0.29, 0.717) is 18.2 Å². The average Bonchev–Trinajstić information content (AvgIpc) is 2.38. The highest BCUT2D eigenvalue weighted by atomic mass is 16.1. The number of nitrogens with zero attached hydrogens (tertiary/aromatic N) is 2. The second-order valence-electron chi connectivity index (χ2n) is 4.29. The van der Waals surface area contributed by atoms with Gasteiger partial charge in [-0.25, -0.2) is 0 Å². The molecule has 0 aliphatic carbocycles. The number of hydrogen-bond donors (Lipinski definition) is 2. The summed E-state index contributed by atoms with van der Waals surface area (Å²) in [5.74, 6) is -0.0583. The first-order chi connectivity index (χ1) is 8.27. The molecule has 1 amide bonds. The largest absolute Gasteiger partial charge is 0.350 e. The molecule has 2 rings (SSSR count). The summed E-state index contributed by atoms with van der Waals surface area (Å²) in [6, 6.07) is 3.90. The molecule has 1 aromatic rings. The molecular weight excluding hydrogens is 216 g/mol. The summed E-state index contributed by atoms with van der Waals surface area (Å²) in [4.78, 5) is 18.0. The number of hydrogen-bond acceptors (Lipinski definition) is 4. The van der Waals surface area contributed by atoms with Gasteiger partial charge in [-0.1, -0.05) is 0 Å². The Hall–Kier alpha value is -1.46. The fourth-order valence-electron chi connectivity index (χ4n) is 1.90. The lowest BCUT2D eigenvalue weighted by molar-refractivity contribution is 0.0932. The number of amides is 1. The summed E-state index contributed by atoms with van der Waals surface area (Å²) in [5, 5.41) is 6.26. The van der Waals surface area contributed by atoms with Gasteiger partial charge in [-0.05, 0) is 19.2 Å². The van der Waals surface area contributed by atoms with Crippen LogP contribution in [0.25, 0.3) is 0 Å². The van der Waals surface area contributed by atoms with Gasteiger partial charge in [-0.15, -0.1) is 0 Å². The second kappa shape index (κ2) is 5.75. The van der Waals surface area contributed by atoms with E-state index in [9.17, 15) is 4.79 Å². The molecule has 92 valence electrons. The fraction of sp³-hybridized carbons (Fsp3) is 0.500. The highest BCUT2D eigenvalue weighted by molar-refractivity contribution is 5.93. The molecule has 0 spiro atoms. The first kappa shape index (κ1) is 12.0. The number of rotatable bonds is 3. The molecule has 0 bridgehead atoms. The summed E-state index contributed by atoms with van der Waals surface area (Å²) in [6.45, 7) is 3.62. The van der Waals surface area contributed by atoms with Gasteiger partial charge in [0.1, 0.15) is 0 Å². The summed E-state index contributed by atoms with van der Waals surface area (Å²) in [6.07, 6.45) is 3.24. The fourth-order valence-corrected chi connectivity index (χ4v) is 1.90. The molecular formula is C12H18N4O. The molecule has 1 saturated heterocycles. The van der Waals surface area contributed by atoms with Gasteiger partial charge in [0.2, 0.25) is 0 Å². The van der Waals surface area contributed by atoms with Crippen molar-refractivity contribution in [1.29, 1.82) is 0 Å². The van der Waals surface area contributed by atoms with Crippen LogP contribution in [0.15, 0.2) is 24.5 Å². The molecule has 0 aromatic carbocycles. The zero-order valence-electron chi connectivity index (χ0n) is 10.0. The Morgan fingerprint density at radius 1 is 1.71 bits per heavy atom. The van der Waals surface area contributed by atoms with Crippen LogP contribution in [0.5, 0.6) is 0 Å². The van der Waals surface area contributed by atoms with E-state index in [1.165, 1.54) is 0 Å². The quantitative estimate of drug-likeness (QED) is 0.755. The first-order valence-electron chi connectivity index (χ1n) is 5.86. The lowest BCUT2D eigenvalue weighted by Crippen LogP contribution is -2.53. The predicted molar refractivity (Wildman–Crippen MR) is 65.9 cm³/mol. The molecule has 1 aliphatic heterocycles. The Balaban J connectivity index is 1.84. The van der Waals surface area contributed by atoms with E-state index in [1.807, 2.05) is 0 Å². The van der Waals surface area contributed by atoms with Gasteiger partial charge in [0.05, 0.1) is 5.56 Å². The molecule has 1 aromatic heterocycles. The van der Waals surface area contributed by atoms with Gasteiger partial charge in [-0.2, -0.15) is 0 Å². The molecule has 1 unspecified atom stereocenters. The first-order valence-corrected chi connectivity index (χ1v) is 5.86. The second-order valence-corrected chi connectivity index (χ2v) is 4.29. The van der Waals surface area contributed by atoms with Gasteiger partial charge in [0, 0.05) is 44.6 Å². The molecule has 2 N–H and O–H groups in total. The van der Waals surface area contributed by atoms with Gasteiger partial charge in [0.25, 0.3) is 5.91 Å². The van der Waals surface area contributed by atoms with E-state index < -0.39 is 0 Å². The number of nitrogens with one attached hydrogen (secondary N) is 2. The van der Waals surface area contributed by atoms with Gasteiger partial charge < -0.3 is 10.6 Å². The lowest BCUT2D eigenvalue weighted by atomic mass is 10.2. The van der Waals surface area contributed by atoms with Gasteiger partial charge in [0.15, 0.2) is 0 Å².